The van der Waals surface area contributed by atoms with Crippen LogP contribution in [0, 0.1) is 5.92 Å². The molecule has 1 aromatic carbocycles. The summed E-state index contributed by atoms with van der Waals surface area (Å²) in [5, 5.41) is 2.36. The number of para-hydroxylation sites is 1. The van der Waals surface area contributed by atoms with Crippen molar-refractivity contribution in [2.75, 3.05) is 51.3 Å². The normalized spacial score (nSPS) is 19.2. The summed E-state index contributed by atoms with van der Waals surface area (Å²) < 4.78 is 44.4. The molecule has 0 unspecified atom stereocenters. The zero-order valence-corrected chi connectivity index (χ0v) is 16.2. The van der Waals surface area contributed by atoms with Gasteiger partial charge in [-0.15, -0.1) is 0 Å². The van der Waals surface area contributed by atoms with Gasteiger partial charge in [0.15, 0.2) is 0 Å². The number of hydrogen-bond donors (Lipinski definition) is 1. The maximum absolute atomic E-state index is 13.0. The number of halogens is 3. The van der Waals surface area contributed by atoms with Crippen LogP contribution in [0.3, 0.4) is 0 Å². The van der Waals surface area contributed by atoms with Gasteiger partial charge in [0, 0.05) is 45.8 Å². The Labute approximate surface area is 168 Å². The van der Waals surface area contributed by atoms with Crippen LogP contribution in [0.1, 0.15) is 24.8 Å². The van der Waals surface area contributed by atoms with Crippen LogP contribution in [0.2, 0.25) is 0 Å². The number of carbonyl (C=O) groups is 2. The summed E-state index contributed by atoms with van der Waals surface area (Å²) in [5.41, 5.74) is -1.10. The Morgan fingerprint density at radius 2 is 1.72 bits per heavy atom. The van der Waals surface area contributed by atoms with Gasteiger partial charge in [0.25, 0.3) is 0 Å². The van der Waals surface area contributed by atoms with Crippen molar-refractivity contribution < 1.29 is 27.5 Å². The minimum Gasteiger partial charge on any atom is -0.381 e. The van der Waals surface area contributed by atoms with Crippen molar-refractivity contribution in [1.82, 2.24) is 9.80 Å². The van der Waals surface area contributed by atoms with Gasteiger partial charge in [0.05, 0.1) is 17.8 Å². The van der Waals surface area contributed by atoms with E-state index in [1.807, 2.05) is 9.80 Å². The average Bonchev–Trinajstić information content (AvgIpc) is 2.69. The minimum absolute atomic E-state index is 0.00577. The highest BCUT2D eigenvalue weighted by Gasteiger charge is 2.33. The number of piperazine rings is 1. The first-order valence-corrected chi connectivity index (χ1v) is 9.87. The number of ether oxygens (including phenoxy) is 1. The Kier molecular flexibility index (Phi) is 7.13. The van der Waals surface area contributed by atoms with Crippen LogP contribution < -0.4 is 5.32 Å². The molecule has 160 valence electrons. The fourth-order valence-corrected chi connectivity index (χ4v) is 3.71. The Bertz CT molecular complexity index is 712. The maximum atomic E-state index is 13.0. The molecule has 0 bridgehead atoms. The number of anilines is 1. The lowest BCUT2D eigenvalue weighted by atomic mass is 9.96. The molecule has 1 N–H and O–H groups in total. The molecule has 2 heterocycles. The van der Waals surface area contributed by atoms with E-state index >= 15 is 0 Å². The summed E-state index contributed by atoms with van der Waals surface area (Å²) >= 11 is 0. The van der Waals surface area contributed by atoms with Crippen molar-refractivity contribution in [2.45, 2.75) is 25.4 Å². The summed E-state index contributed by atoms with van der Waals surface area (Å²) in [6, 6.07) is 4.93. The van der Waals surface area contributed by atoms with Crippen LogP contribution in [0.4, 0.5) is 18.9 Å². The highest BCUT2D eigenvalue weighted by molar-refractivity contribution is 5.93. The number of rotatable bonds is 5. The number of benzene rings is 1. The van der Waals surface area contributed by atoms with E-state index in [1.165, 1.54) is 18.2 Å². The fourth-order valence-electron chi connectivity index (χ4n) is 3.71. The third-order valence-corrected chi connectivity index (χ3v) is 5.40. The monoisotopic (exact) mass is 413 g/mol. The zero-order chi connectivity index (χ0) is 20.9. The molecule has 0 atom stereocenters. The lowest BCUT2D eigenvalue weighted by molar-refractivity contribution is -0.137. The van der Waals surface area contributed by atoms with Gasteiger partial charge in [-0.1, -0.05) is 12.1 Å². The molecule has 0 aromatic heterocycles. The quantitative estimate of drug-likeness (QED) is 0.806. The molecule has 29 heavy (non-hydrogen) atoms. The van der Waals surface area contributed by atoms with E-state index in [1.54, 1.807) is 0 Å². The molecule has 0 aliphatic carbocycles. The second kappa shape index (κ2) is 9.58. The number of hydrogen-bond acceptors (Lipinski definition) is 4. The number of amides is 2. The lowest BCUT2D eigenvalue weighted by Crippen LogP contribution is -2.50. The van der Waals surface area contributed by atoms with E-state index in [-0.39, 0.29) is 18.1 Å². The van der Waals surface area contributed by atoms with Gasteiger partial charge in [-0.3, -0.25) is 14.5 Å². The van der Waals surface area contributed by atoms with Gasteiger partial charge in [-0.2, -0.15) is 13.2 Å². The molecular weight excluding hydrogens is 387 g/mol. The fraction of sp³-hybridized carbons (Fsp3) is 0.600. The second-order valence-corrected chi connectivity index (χ2v) is 7.51. The highest BCUT2D eigenvalue weighted by atomic mass is 19.4. The van der Waals surface area contributed by atoms with Crippen LogP contribution >= 0.6 is 0 Å². The van der Waals surface area contributed by atoms with Crippen molar-refractivity contribution in [3.05, 3.63) is 29.8 Å². The van der Waals surface area contributed by atoms with Crippen molar-refractivity contribution in [3.63, 3.8) is 0 Å². The Hall–Kier alpha value is -2.13. The van der Waals surface area contributed by atoms with Crippen LogP contribution in [-0.4, -0.2) is 67.6 Å². The van der Waals surface area contributed by atoms with Gasteiger partial charge in [0.1, 0.15) is 0 Å². The molecule has 2 amide bonds. The van der Waals surface area contributed by atoms with E-state index in [0.29, 0.717) is 51.7 Å². The first-order chi connectivity index (χ1) is 13.8. The van der Waals surface area contributed by atoms with E-state index in [2.05, 4.69) is 5.32 Å². The predicted octanol–water partition coefficient (Wildman–Crippen LogP) is 2.60. The van der Waals surface area contributed by atoms with Crippen molar-refractivity contribution in [1.29, 1.82) is 0 Å². The van der Waals surface area contributed by atoms with Gasteiger partial charge in [-0.25, -0.2) is 0 Å². The molecule has 0 radical (unpaired) electrons. The predicted molar refractivity (Wildman–Crippen MR) is 101 cm³/mol. The summed E-state index contributed by atoms with van der Waals surface area (Å²) in [4.78, 5) is 28.3. The number of nitrogens with one attached hydrogen (secondary N) is 1. The molecule has 9 heteroatoms. The number of nitrogens with zero attached hydrogens (tertiary/aromatic N) is 2. The molecule has 3 rings (SSSR count). The van der Waals surface area contributed by atoms with E-state index < -0.39 is 17.6 Å². The van der Waals surface area contributed by atoms with Gasteiger partial charge in [0.2, 0.25) is 11.8 Å². The largest absolute Gasteiger partial charge is 0.418 e. The van der Waals surface area contributed by atoms with Crippen molar-refractivity contribution >= 4 is 17.5 Å². The van der Waals surface area contributed by atoms with Gasteiger partial charge >= 0.3 is 6.18 Å². The molecule has 0 saturated carbocycles. The molecule has 2 aliphatic heterocycles. The molecule has 2 fully saturated rings. The van der Waals surface area contributed by atoms with Crippen molar-refractivity contribution in [2.24, 2.45) is 5.92 Å². The lowest BCUT2D eigenvalue weighted by Gasteiger charge is -2.35. The van der Waals surface area contributed by atoms with Crippen LogP contribution in [0.15, 0.2) is 24.3 Å². The molecule has 2 aliphatic rings. The molecule has 2 saturated heterocycles. The van der Waals surface area contributed by atoms with Crippen LogP contribution in [0.25, 0.3) is 0 Å². The summed E-state index contributed by atoms with van der Waals surface area (Å²) in [7, 11) is 0. The molecule has 1 aromatic rings. The van der Waals surface area contributed by atoms with E-state index in [4.69, 9.17) is 4.74 Å². The smallest absolute Gasteiger partial charge is 0.381 e. The number of carbonyl (C=O) groups excluding carboxylic acids is 2. The maximum Gasteiger partial charge on any atom is 0.418 e. The topological polar surface area (TPSA) is 61.9 Å². The standard InChI is InChI=1S/C20H26F3N3O3/c21-20(22,23)16-3-1-2-4-17(16)24-18(27)14-25-7-9-26(10-8-25)19(28)13-15-5-11-29-12-6-15/h1-4,15H,5-14H2,(H,24,27). The number of alkyl halides is 3. The zero-order valence-electron chi connectivity index (χ0n) is 16.2. The minimum atomic E-state index is -4.53. The highest BCUT2D eigenvalue weighted by Crippen LogP contribution is 2.34. The SMILES string of the molecule is O=C(CN1CCN(C(=O)CC2CCOCC2)CC1)Nc1ccccc1C(F)(F)F. The first kappa shape index (κ1) is 21.6. The Morgan fingerprint density at radius 3 is 2.38 bits per heavy atom. The summed E-state index contributed by atoms with van der Waals surface area (Å²) in [6.07, 6.45) is -2.19. The summed E-state index contributed by atoms with van der Waals surface area (Å²) in [5.74, 6) is -0.00227. The third-order valence-electron chi connectivity index (χ3n) is 5.40. The van der Waals surface area contributed by atoms with Crippen LogP contribution in [0.5, 0.6) is 0 Å². The van der Waals surface area contributed by atoms with Gasteiger partial charge in [-0.05, 0) is 30.9 Å². The molecule has 6 nitrogen and oxygen atoms in total. The molecule has 0 spiro atoms. The van der Waals surface area contributed by atoms with Crippen LogP contribution in [-0.2, 0) is 20.5 Å². The second-order valence-electron chi connectivity index (χ2n) is 7.51. The Balaban J connectivity index is 1.45. The third kappa shape index (κ3) is 6.17. The van der Waals surface area contributed by atoms with Crippen molar-refractivity contribution in [3.8, 4) is 0 Å². The van der Waals surface area contributed by atoms with E-state index in [0.717, 1.165) is 18.9 Å². The summed E-state index contributed by atoms with van der Waals surface area (Å²) in [6.45, 7) is 3.50. The molecular formula is C20H26F3N3O3. The first-order valence-electron chi connectivity index (χ1n) is 9.87. The Morgan fingerprint density at radius 1 is 1.07 bits per heavy atom. The average molecular weight is 413 g/mol. The van der Waals surface area contributed by atoms with Gasteiger partial charge < -0.3 is 15.0 Å². The van der Waals surface area contributed by atoms with E-state index in [9.17, 15) is 22.8 Å².